The van der Waals surface area contributed by atoms with Crippen molar-refractivity contribution in [2.75, 3.05) is 33.8 Å². The van der Waals surface area contributed by atoms with E-state index in [4.69, 9.17) is 4.74 Å². The van der Waals surface area contributed by atoms with Gasteiger partial charge in [-0.15, -0.1) is 0 Å². The first kappa shape index (κ1) is 26.9. The van der Waals surface area contributed by atoms with E-state index >= 15 is 0 Å². The number of ether oxygens (including phenoxy) is 1. The smallest absolute Gasteiger partial charge is 0.295 e. The number of nitrogens with zero attached hydrogens (tertiary/aromatic N) is 3. The Balaban J connectivity index is 2.09. The number of benzene rings is 2. The molecular formula is C27H33N3O6. The molecule has 1 atom stereocenters. The van der Waals surface area contributed by atoms with Gasteiger partial charge in [-0.25, -0.2) is 0 Å². The maximum atomic E-state index is 13.2. The van der Waals surface area contributed by atoms with Gasteiger partial charge in [0, 0.05) is 24.2 Å². The van der Waals surface area contributed by atoms with Gasteiger partial charge in [0.05, 0.1) is 23.1 Å². The molecule has 0 spiro atoms. The molecular weight excluding hydrogens is 462 g/mol. The predicted octanol–water partition coefficient (Wildman–Crippen LogP) is 4.31. The molecule has 36 heavy (non-hydrogen) atoms. The van der Waals surface area contributed by atoms with Gasteiger partial charge in [0.25, 0.3) is 17.4 Å². The molecule has 192 valence electrons. The Morgan fingerprint density at radius 3 is 2.53 bits per heavy atom. The molecule has 1 N–H and O–H groups in total. The number of aliphatic hydroxyl groups is 1. The van der Waals surface area contributed by atoms with Gasteiger partial charge in [-0.05, 0) is 69.2 Å². The van der Waals surface area contributed by atoms with Crippen LogP contribution in [0.3, 0.4) is 0 Å². The largest absolute Gasteiger partial charge is 0.507 e. The van der Waals surface area contributed by atoms with E-state index in [1.54, 1.807) is 24.3 Å². The first-order chi connectivity index (χ1) is 17.0. The highest BCUT2D eigenvalue weighted by Crippen LogP contribution is 2.40. The standard InChI is InChI=1S/C27H33N3O6/c1-17(2)16-36-22-11-10-20(14-18(22)3)25(31)23-24(19-8-6-9-21(15-19)30(34)35)29(27(33)26(23)32)13-7-12-28(4)5/h6,8-11,14-15,17,24,31H,7,12-13,16H2,1-5H3/b25-23+/t24-/m0/s1. The average Bonchev–Trinajstić information content (AvgIpc) is 3.07. The van der Waals surface area contributed by atoms with Crippen molar-refractivity contribution >= 4 is 23.1 Å². The molecule has 0 aromatic heterocycles. The molecule has 1 fully saturated rings. The third kappa shape index (κ3) is 5.91. The second-order valence-corrected chi connectivity index (χ2v) is 9.69. The number of carbonyl (C=O) groups is 2. The van der Waals surface area contributed by atoms with E-state index in [9.17, 15) is 24.8 Å². The number of aryl methyl sites for hydroxylation is 1. The number of amides is 1. The van der Waals surface area contributed by atoms with Crippen LogP contribution in [0.2, 0.25) is 0 Å². The molecule has 1 heterocycles. The van der Waals surface area contributed by atoms with Crippen LogP contribution in [0, 0.1) is 23.0 Å². The molecule has 0 aliphatic carbocycles. The molecule has 0 unspecified atom stereocenters. The van der Waals surface area contributed by atoms with E-state index < -0.39 is 22.7 Å². The number of likely N-dealkylation sites (tertiary alicyclic amines) is 1. The highest BCUT2D eigenvalue weighted by molar-refractivity contribution is 6.46. The fourth-order valence-corrected chi connectivity index (χ4v) is 4.19. The molecule has 2 aromatic rings. The van der Waals surface area contributed by atoms with Crippen molar-refractivity contribution in [3.05, 3.63) is 74.8 Å². The number of Topliss-reactive ketones (excluding diaryl/α,β-unsaturated/α-hetero) is 1. The summed E-state index contributed by atoms with van der Waals surface area (Å²) in [5.41, 5.74) is 1.29. The minimum absolute atomic E-state index is 0.0828. The fraction of sp³-hybridized carbons (Fsp3) is 0.407. The molecule has 9 nitrogen and oxygen atoms in total. The molecule has 2 aromatic carbocycles. The first-order valence-corrected chi connectivity index (χ1v) is 11.9. The van der Waals surface area contributed by atoms with Crippen molar-refractivity contribution in [3.8, 4) is 5.75 Å². The number of nitro groups is 1. The summed E-state index contributed by atoms with van der Waals surface area (Å²) in [5, 5.41) is 22.7. The lowest BCUT2D eigenvalue weighted by molar-refractivity contribution is -0.384. The molecule has 9 heteroatoms. The van der Waals surface area contributed by atoms with E-state index in [2.05, 4.69) is 0 Å². The number of nitro benzene ring substituents is 1. The number of hydrogen-bond acceptors (Lipinski definition) is 7. The third-order valence-electron chi connectivity index (χ3n) is 5.96. The summed E-state index contributed by atoms with van der Waals surface area (Å²) in [5.74, 6) is -0.860. The van der Waals surface area contributed by atoms with Crippen LogP contribution in [-0.4, -0.2) is 65.3 Å². The summed E-state index contributed by atoms with van der Waals surface area (Å²) in [6.45, 7) is 7.40. The summed E-state index contributed by atoms with van der Waals surface area (Å²) in [7, 11) is 3.81. The molecule has 0 saturated carbocycles. The minimum Gasteiger partial charge on any atom is -0.507 e. The van der Waals surface area contributed by atoms with E-state index in [1.807, 2.05) is 39.8 Å². The van der Waals surface area contributed by atoms with Crippen molar-refractivity contribution in [1.82, 2.24) is 9.80 Å². The van der Waals surface area contributed by atoms with E-state index in [-0.39, 0.29) is 23.6 Å². The van der Waals surface area contributed by atoms with Gasteiger partial charge in [-0.3, -0.25) is 19.7 Å². The highest BCUT2D eigenvalue weighted by atomic mass is 16.6. The van der Waals surface area contributed by atoms with Crippen molar-refractivity contribution < 1.29 is 24.4 Å². The quantitative estimate of drug-likeness (QED) is 0.172. The van der Waals surface area contributed by atoms with Crippen molar-refractivity contribution in [3.63, 3.8) is 0 Å². The summed E-state index contributed by atoms with van der Waals surface area (Å²) in [6, 6.07) is 9.96. The predicted molar refractivity (Wildman–Crippen MR) is 137 cm³/mol. The van der Waals surface area contributed by atoms with Gasteiger partial charge in [0.2, 0.25) is 0 Å². The van der Waals surface area contributed by atoms with Gasteiger partial charge in [-0.2, -0.15) is 0 Å². The van der Waals surface area contributed by atoms with Crippen molar-refractivity contribution in [2.45, 2.75) is 33.2 Å². The number of ketones is 1. The van der Waals surface area contributed by atoms with E-state index in [0.717, 1.165) is 5.56 Å². The molecule has 1 aliphatic rings. The normalized spacial score (nSPS) is 17.3. The summed E-state index contributed by atoms with van der Waals surface area (Å²) in [4.78, 5) is 40.5. The zero-order valence-corrected chi connectivity index (χ0v) is 21.4. The average molecular weight is 496 g/mol. The lowest BCUT2D eigenvalue weighted by Crippen LogP contribution is -2.32. The lowest BCUT2D eigenvalue weighted by atomic mass is 9.94. The van der Waals surface area contributed by atoms with Crippen LogP contribution >= 0.6 is 0 Å². The lowest BCUT2D eigenvalue weighted by Gasteiger charge is -2.26. The van der Waals surface area contributed by atoms with E-state index in [1.165, 1.54) is 23.1 Å². The monoisotopic (exact) mass is 495 g/mol. The van der Waals surface area contributed by atoms with Crippen LogP contribution < -0.4 is 4.74 Å². The Bertz CT molecular complexity index is 1190. The molecule has 0 radical (unpaired) electrons. The number of carbonyl (C=O) groups excluding carboxylic acids is 2. The van der Waals surface area contributed by atoms with Crippen LogP contribution in [0.1, 0.15) is 43.0 Å². The molecule has 0 bridgehead atoms. The zero-order valence-electron chi connectivity index (χ0n) is 21.4. The van der Waals surface area contributed by atoms with Crippen LogP contribution in [0.15, 0.2) is 48.0 Å². The molecule has 3 rings (SSSR count). The second-order valence-electron chi connectivity index (χ2n) is 9.69. The van der Waals surface area contributed by atoms with Gasteiger partial charge in [0.15, 0.2) is 0 Å². The Morgan fingerprint density at radius 1 is 1.19 bits per heavy atom. The number of aliphatic hydroxyl groups excluding tert-OH is 1. The zero-order chi connectivity index (χ0) is 26.6. The fourth-order valence-electron chi connectivity index (χ4n) is 4.19. The first-order valence-electron chi connectivity index (χ1n) is 11.9. The Labute approximate surface area is 211 Å². The van der Waals surface area contributed by atoms with Crippen LogP contribution in [0.4, 0.5) is 5.69 Å². The van der Waals surface area contributed by atoms with Gasteiger partial charge < -0.3 is 19.6 Å². The second kappa shape index (κ2) is 11.3. The Kier molecular flexibility index (Phi) is 8.47. The third-order valence-corrected chi connectivity index (χ3v) is 5.96. The van der Waals surface area contributed by atoms with Crippen LogP contribution in [0.5, 0.6) is 5.75 Å². The number of rotatable bonds is 10. The van der Waals surface area contributed by atoms with Gasteiger partial charge in [-0.1, -0.05) is 26.0 Å². The van der Waals surface area contributed by atoms with Crippen molar-refractivity contribution in [1.29, 1.82) is 0 Å². The molecule has 1 amide bonds. The van der Waals surface area contributed by atoms with Crippen molar-refractivity contribution in [2.24, 2.45) is 5.92 Å². The maximum absolute atomic E-state index is 13.2. The molecule has 1 aliphatic heterocycles. The van der Waals surface area contributed by atoms with Gasteiger partial charge in [0.1, 0.15) is 11.5 Å². The Morgan fingerprint density at radius 2 is 1.92 bits per heavy atom. The maximum Gasteiger partial charge on any atom is 0.295 e. The van der Waals surface area contributed by atoms with Crippen LogP contribution in [0.25, 0.3) is 5.76 Å². The molecule has 1 saturated heterocycles. The number of non-ortho nitro benzene ring substituents is 1. The SMILES string of the molecule is Cc1cc(/C(O)=C2\C(=O)C(=O)N(CCCN(C)C)[C@H]2c2cccc([N+](=O)[O-])c2)ccc1OCC(C)C. The summed E-state index contributed by atoms with van der Waals surface area (Å²) >= 11 is 0. The summed E-state index contributed by atoms with van der Waals surface area (Å²) in [6.07, 6.45) is 0.590. The van der Waals surface area contributed by atoms with Gasteiger partial charge >= 0.3 is 0 Å². The number of hydrogen-bond donors (Lipinski definition) is 1. The highest BCUT2D eigenvalue weighted by Gasteiger charge is 2.46. The van der Waals surface area contributed by atoms with E-state index in [0.29, 0.717) is 42.4 Å². The minimum atomic E-state index is -0.941. The topological polar surface area (TPSA) is 113 Å². The Hall–Kier alpha value is -3.72. The van der Waals surface area contributed by atoms with Crippen LogP contribution in [-0.2, 0) is 9.59 Å². The summed E-state index contributed by atoms with van der Waals surface area (Å²) < 4.78 is 5.81.